The van der Waals surface area contributed by atoms with Gasteiger partial charge in [0.2, 0.25) is 0 Å². The van der Waals surface area contributed by atoms with E-state index in [0.29, 0.717) is 12.5 Å². The molecule has 3 N–H and O–H groups in total. The maximum absolute atomic E-state index is 12.1. The number of amides is 1. The van der Waals surface area contributed by atoms with Crippen molar-refractivity contribution >= 4 is 41.5 Å². The normalized spacial score (nSPS) is 19.1. The summed E-state index contributed by atoms with van der Waals surface area (Å²) in [5.74, 6) is 1.26. The summed E-state index contributed by atoms with van der Waals surface area (Å²) in [7, 11) is 1.78. The van der Waals surface area contributed by atoms with Crippen LogP contribution in [0.5, 0.6) is 0 Å². The number of nitrogens with zero attached hydrogens (tertiary/aromatic N) is 1. The van der Waals surface area contributed by atoms with E-state index in [1.165, 1.54) is 6.26 Å². The van der Waals surface area contributed by atoms with Crippen molar-refractivity contribution in [2.45, 2.75) is 46.3 Å². The van der Waals surface area contributed by atoms with Gasteiger partial charge in [0.25, 0.3) is 5.91 Å². The van der Waals surface area contributed by atoms with Crippen LogP contribution in [0.25, 0.3) is 0 Å². The van der Waals surface area contributed by atoms with E-state index >= 15 is 0 Å². The molecule has 2 unspecified atom stereocenters. The molecule has 1 aliphatic heterocycles. The van der Waals surface area contributed by atoms with E-state index in [0.717, 1.165) is 43.2 Å². The number of hydrogen-bond acceptors (Lipinski definition) is 4. The zero-order valence-electron chi connectivity index (χ0n) is 19.3. The van der Waals surface area contributed by atoms with E-state index in [-0.39, 0.29) is 47.2 Å². The molecule has 176 valence electrons. The second-order valence-corrected chi connectivity index (χ2v) is 8.99. The minimum atomic E-state index is -0.263. The third-order valence-corrected chi connectivity index (χ3v) is 5.47. The fourth-order valence-corrected chi connectivity index (χ4v) is 3.95. The molecule has 0 aliphatic carbocycles. The van der Waals surface area contributed by atoms with Crippen molar-refractivity contribution in [2.24, 2.45) is 16.3 Å². The molecule has 3 rings (SSSR count). The fourth-order valence-electron chi connectivity index (χ4n) is 3.95. The molecule has 1 aliphatic rings. The van der Waals surface area contributed by atoms with Gasteiger partial charge in [-0.1, -0.05) is 32.9 Å². The molecule has 0 saturated carbocycles. The minimum Gasteiger partial charge on any atom is -0.459 e. The zero-order valence-corrected chi connectivity index (χ0v) is 21.6. The lowest BCUT2D eigenvalue weighted by Crippen LogP contribution is -2.47. The summed E-state index contributed by atoms with van der Waals surface area (Å²) in [6.07, 6.45) is 4.00. The van der Waals surface area contributed by atoms with E-state index in [9.17, 15) is 4.79 Å². The Morgan fingerprint density at radius 3 is 2.53 bits per heavy atom. The highest BCUT2D eigenvalue weighted by Gasteiger charge is 2.35. The average Bonchev–Trinajstić information content (AvgIpc) is 3.30. The standard InChI is InChI=1S/C24H34N4O3.HI/c1-24(2,3)21-18(7-5-14-31-21)16-27-23(25-4)26-15-17-9-11-19(12-10-17)28-22(29)20-8-6-13-30-20;/h6,8-13,18,21H,5,7,14-16H2,1-4H3,(H,28,29)(H2,25,26,27);1H. The number of hydrogen-bond donors (Lipinski definition) is 3. The summed E-state index contributed by atoms with van der Waals surface area (Å²) >= 11 is 0. The highest BCUT2D eigenvalue weighted by atomic mass is 127. The molecule has 1 aromatic heterocycles. The Bertz CT molecular complexity index is 860. The second kappa shape index (κ2) is 12.2. The fraction of sp³-hybridized carbons (Fsp3) is 0.500. The minimum absolute atomic E-state index is 0. The maximum atomic E-state index is 12.1. The van der Waals surface area contributed by atoms with Gasteiger partial charge >= 0.3 is 0 Å². The van der Waals surface area contributed by atoms with E-state index in [1.807, 2.05) is 24.3 Å². The van der Waals surface area contributed by atoms with Crippen molar-refractivity contribution in [3.05, 3.63) is 54.0 Å². The lowest BCUT2D eigenvalue weighted by atomic mass is 9.78. The van der Waals surface area contributed by atoms with Gasteiger partial charge in [-0.15, -0.1) is 24.0 Å². The lowest BCUT2D eigenvalue weighted by molar-refractivity contribution is -0.0835. The number of nitrogens with one attached hydrogen (secondary N) is 3. The molecule has 1 fully saturated rings. The van der Waals surface area contributed by atoms with E-state index < -0.39 is 0 Å². The smallest absolute Gasteiger partial charge is 0.291 e. The summed E-state index contributed by atoms with van der Waals surface area (Å²) in [5, 5.41) is 9.63. The first-order chi connectivity index (χ1) is 14.9. The Balaban J connectivity index is 0.00000363. The lowest BCUT2D eigenvalue weighted by Gasteiger charge is -2.40. The van der Waals surface area contributed by atoms with Crippen LogP contribution in [-0.4, -0.2) is 38.2 Å². The molecule has 1 saturated heterocycles. The number of furan rings is 1. The first-order valence-electron chi connectivity index (χ1n) is 10.9. The number of carbonyl (C=O) groups is 1. The van der Waals surface area contributed by atoms with E-state index in [4.69, 9.17) is 9.15 Å². The molecule has 0 bridgehead atoms. The van der Waals surface area contributed by atoms with E-state index in [1.54, 1.807) is 19.2 Å². The highest BCUT2D eigenvalue weighted by molar-refractivity contribution is 14.0. The van der Waals surface area contributed by atoms with Gasteiger partial charge < -0.3 is 25.1 Å². The van der Waals surface area contributed by atoms with Crippen LogP contribution in [0.1, 0.15) is 49.7 Å². The predicted molar refractivity (Wildman–Crippen MR) is 139 cm³/mol. The van der Waals surface area contributed by atoms with Gasteiger partial charge in [0, 0.05) is 38.3 Å². The first-order valence-corrected chi connectivity index (χ1v) is 10.9. The largest absolute Gasteiger partial charge is 0.459 e. The van der Waals surface area contributed by atoms with Gasteiger partial charge in [0.1, 0.15) is 0 Å². The molecule has 7 nitrogen and oxygen atoms in total. The van der Waals surface area contributed by atoms with Crippen molar-refractivity contribution in [3.8, 4) is 0 Å². The Kier molecular flexibility index (Phi) is 10.0. The van der Waals surface area contributed by atoms with Crippen molar-refractivity contribution < 1.29 is 13.9 Å². The molecule has 2 heterocycles. The quantitative estimate of drug-likeness (QED) is 0.275. The van der Waals surface area contributed by atoms with Crippen LogP contribution in [0, 0.1) is 11.3 Å². The van der Waals surface area contributed by atoms with Crippen LogP contribution in [0.3, 0.4) is 0 Å². The van der Waals surface area contributed by atoms with Gasteiger partial charge in [0.15, 0.2) is 11.7 Å². The number of anilines is 1. The number of ether oxygens (including phenoxy) is 1. The number of carbonyl (C=O) groups excluding carboxylic acids is 1. The highest BCUT2D eigenvalue weighted by Crippen LogP contribution is 2.33. The summed E-state index contributed by atoms with van der Waals surface area (Å²) in [6.45, 7) is 9.04. The number of aliphatic imine (C=N–C) groups is 1. The van der Waals surface area contributed by atoms with Gasteiger partial charge in [0.05, 0.1) is 12.4 Å². The molecule has 2 atom stereocenters. The summed E-state index contributed by atoms with van der Waals surface area (Å²) < 4.78 is 11.2. The molecule has 8 heteroatoms. The van der Waals surface area contributed by atoms with Crippen LogP contribution in [0.2, 0.25) is 0 Å². The van der Waals surface area contributed by atoms with Crippen molar-refractivity contribution in [3.63, 3.8) is 0 Å². The monoisotopic (exact) mass is 554 g/mol. The number of halogens is 1. The Morgan fingerprint density at radius 1 is 1.16 bits per heavy atom. The Hall–Kier alpha value is -2.07. The van der Waals surface area contributed by atoms with Gasteiger partial charge in [-0.3, -0.25) is 9.79 Å². The van der Waals surface area contributed by atoms with Crippen molar-refractivity contribution in [1.82, 2.24) is 10.6 Å². The third kappa shape index (κ3) is 7.51. The SMILES string of the molecule is CN=C(NCc1ccc(NC(=O)c2ccco2)cc1)NCC1CCCOC1C(C)(C)C.I. The summed E-state index contributed by atoms with van der Waals surface area (Å²) in [4.78, 5) is 16.4. The van der Waals surface area contributed by atoms with Crippen LogP contribution >= 0.6 is 24.0 Å². The van der Waals surface area contributed by atoms with Crippen LogP contribution in [-0.2, 0) is 11.3 Å². The number of benzene rings is 1. The van der Waals surface area contributed by atoms with Crippen LogP contribution in [0.15, 0.2) is 52.1 Å². The molecular weight excluding hydrogens is 519 g/mol. The molecule has 1 amide bonds. The Labute approximate surface area is 207 Å². The molecule has 0 spiro atoms. The van der Waals surface area contributed by atoms with Crippen LogP contribution in [0.4, 0.5) is 5.69 Å². The first kappa shape index (κ1) is 26.2. The van der Waals surface area contributed by atoms with Crippen molar-refractivity contribution in [2.75, 3.05) is 25.5 Å². The molecule has 0 radical (unpaired) electrons. The molecule has 2 aromatic rings. The van der Waals surface area contributed by atoms with Gasteiger partial charge in [-0.25, -0.2) is 0 Å². The Morgan fingerprint density at radius 2 is 1.91 bits per heavy atom. The van der Waals surface area contributed by atoms with E-state index in [2.05, 4.69) is 41.7 Å². The summed E-state index contributed by atoms with van der Waals surface area (Å²) in [6, 6.07) is 11.0. The number of guanidine groups is 1. The third-order valence-electron chi connectivity index (χ3n) is 5.47. The van der Waals surface area contributed by atoms with Crippen molar-refractivity contribution in [1.29, 1.82) is 0 Å². The number of rotatable bonds is 6. The molecule has 32 heavy (non-hydrogen) atoms. The second-order valence-electron chi connectivity index (χ2n) is 8.99. The van der Waals surface area contributed by atoms with Gasteiger partial charge in [-0.05, 0) is 48.1 Å². The summed E-state index contributed by atoms with van der Waals surface area (Å²) in [5.41, 5.74) is 1.93. The zero-order chi connectivity index (χ0) is 22.3. The van der Waals surface area contributed by atoms with Crippen LogP contribution < -0.4 is 16.0 Å². The van der Waals surface area contributed by atoms with Gasteiger partial charge in [-0.2, -0.15) is 0 Å². The molecular formula is C24H35IN4O3. The molecule has 1 aromatic carbocycles. The topological polar surface area (TPSA) is 87.9 Å². The maximum Gasteiger partial charge on any atom is 0.291 e. The predicted octanol–water partition coefficient (Wildman–Crippen LogP) is 4.66. The average molecular weight is 554 g/mol.